The summed E-state index contributed by atoms with van der Waals surface area (Å²) in [6, 6.07) is 15.1. The highest BCUT2D eigenvalue weighted by atomic mass is 32.1. The lowest BCUT2D eigenvalue weighted by atomic mass is 9.94. The Hall–Kier alpha value is -4.37. The Morgan fingerprint density at radius 2 is 1.61 bits per heavy atom. The standard InChI is InChI=1S/C29H26N2O6S/c1-15-6-9-19-23(12-15)38-29(30-19)31-25(17-7-11-21(36-4)22(14-17)37-5)24(27(33)28(31)34)26(32)18-8-10-20(35-3)16(2)13-18/h6-14,25,32H,1-5H3/t25-/m1/s1. The summed E-state index contributed by atoms with van der Waals surface area (Å²) in [7, 11) is 4.59. The Balaban J connectivity index is 1.74. The van der Waals surface area contributed by atoms with Gasteiger partial charge in [0.2, 0.25) is 0 Å². The van der Waals surface area contributed by atoms with E-state index in [1.165, 1.54) is 30.5 Å². The van der Waals surface area contributed by atoms with E-state index >= 15 is 0 Å². The van der Waals surface area contributed by atoms with Crippen molar-refractivity contribution in [2.75, 3.05) is 26.2 Å². The number of aliphatic hydroxyl groups is 1. The zero-order valence-corrected chi connectivity index (χ0v) is 22.4. The first kappa shape index (κ1) is 25.3. The van der Waals surface area contributed by atoms with E-state index in [0.717, 1.165) is 15.8 Å². The number of ether oxygens (including phenoxy) is 3. The molecule has 3 aromatic carbocycles. The zero-order valence-electron chi connectivity index (χ0n) is 21.6. The van der Waals surface area contributed by atoms with E-state index < -0.39 is 17.7 Å². The quantitative estimate of drug-likeness (QED) is 0.198. The van der Waals surface area contributed by atoms with Gasteiger partial charge in [0.05, 0.1) is 43.2 Å². The summed E-state index contributed by atoms with van der Waals surface area (Å²) in [6.07, 6.45) is 0. The Kier molecular flexibility index (Phi) is 6.54. The highest BCUT2D eigenvalue weighted by Gasteiger charge is 2.48. The van der Waals surface area contributed by atoms with Gasteiger partial charge < -0.3 is 19.3 Å². The number of Topliss-reactive ketones (excluding diaryl/α,β-unsaturated/α-hetero) is 1. The third-order valence-corrected chi connectivity index (χ3v) is 7.59. The molecular formula is C29H26N2O6S. The van der Waals surface area contributed by atoms with Crippen molar-refractivity contribution in [3.8, 4) is 17.2 Å². The summed E-state index contributed by atoms with van der Waals surface area (Å²) in [5, 5.41) is 11.8. The first-order chi connectivity index (χ1) is 18.3. The second kappa shape index (κ2) is 9.83. The molecule has 0 aliphatic carbocycles. The number of nitrogens with zero attached hydrogens (tertiary/aromatic N) is 2. The van der Waals surface area contributed by atoms with Crippen LogP contribution in [0.1, 0.15) is 28.3 Å². The second-order valence-electron chi connectivity index (χ2n) is 8.94. The van der Waals surface area contributed by atoms with Gasteiger partial charge in [-0.25, -0.2) is 4.98 Å². The number of aliphatic hydroxyl groups excluding tert-OH is 1. The molecule has 1 saturated heterocycles. The number of hydrogen-bond acceptors (Lipinski definition) is 8. The van der Waals surface area contributed by atoms with Gasteiger partial charge >= 0.3 is 5.91 Å². The largest absolute Gasteiger partial charge is 0.507 e. The van der Waals surface area contributed by atoms with Crippen molar-refractivity contribution in [1.82, 2.24) is 4.98 Å². The molecule has 1 fully saturated rings. The number of thiazole rings is 1. The van der Waals surface area contributed by atoms with Gasteiger partial charge in [-0.15, -0.1) is 0 Å². The van der Waals surface area contributed by atoms with E-state index in [0.29, 0.717) is 39.0 Å². The van der Waals surface area contributed by atoms with Crippen molar-refractivity contribution in [2.24, 2.45) is 0 Å². The van der Waals surface area contributed by atoms with Crippen LogP contribution in [-0.2, 0) is 9.59 Å². The smallest absolute Gasteiger partial charge is 0.301 e. The predicted octanol–water partition coefficient (Wildman–Crippen LogP) is 5.57. The van der Waals surface area contributed by atoms with Crippen molar-refractivity contribution in [3.05, 3.63) is 82.4 Å². The van der Waals surface area contributed by atoms with E-state index in [2.05, 4.69) is 4.98 Å². The number of methoxy groups -OCH3 is 3. The molecule has 0 bridgehead atoms. The first-order valence-electron chi connectivity index (χ1n) is 11.8. The summed E-state index contributed by atoms with van der Waals surface area (Å²) in [6.45, 7) is 3.81. The molecule has 5 rings (SSSR count). The lowest BCUT2D eigenvalue weighted by molar-refractivity contribution is -0.132. The minimum absolute atomic E-state index is 0.0396. The average molecular weight is 531 g/mol. The number of aryl methyl sites for hydroxylation is 2. The van der Waals surface area contributed by atoms with Crippen LogP contribution >= 0.6 is 11.3 Å². The molecule has 0 saturated carbocycles. The monoisotopic (exact) mass is 530 g/mol. The number of hydrogen-bond donors (Lipinski definition) is 1. The molecule has 8 nitrogen and oxygen atoms in total. The molecule has 2 heterocycles. The highest BCUT2D eigenvalue weighted by Crippen LogP contribution is 2.46. The summed E-state index contributed by atoms with van der Waals surface area (Å²) in [5.41, 5.74) is 3.46. The molecule has 1 N–H and O–H groups in total. The van der Waals surface area contributed by atoms with Gasteiger partial charge in [-0.05, 0) is 73.0 Å². The summed E-state index contributed by atoms with van der Waals surface area (Å²) in [4.78, 5) is 33.1. The van der Waals surface area contributed by atoms with Gasteiger partial charge in [-0.1, -0.05) is 23.5 Å². The number of benzene rings is 3. The van der Waals surface area contributed by atoms with Crippen LogP contribution in [0.15, 0.2) is 60.2 Å². The number of aromatic nitrogens is 1. The molecule has 1 aliphatic rings. The van der Waals surface area contributed by atoms with Crippen molar-refractivity contribution in [2.45, 2.75) is 19.9 Å². The van der Waals surface area contributed by atoms with Crippen LogP contribution in [0, 0.1) is 13.8 Å². The topological polar surface area (TPSA) is 98.2 Å². The second-order valence-corrected chi connectivity index (χ2v) is 9.94. The van der Waals surface area contributed by atoms with Crippen LogP contribution in [0.5, 0.6) is 17.2 Å². The minimum atomic E-state index is -0.945. The molecule has 1 aliphatic heterocycles. The molecule has 1 atom stereocenters. The fourth-order valence-electron chi connectivity index (χ4n) is 4.67. The van der Waals surface area contributed by atoms with E-state index in [1.807, 2.05) is 32.0 Å². The van der Waals surface area contributed by atoms with Gasteiger partial charge in [0.15, 0.2) is 16.6 Å². The first-order valence-corrected chi connectivity index (χ1v) is 12.6. The molecule has 1 amide bonds. The summed E-state index contributed by atoms with van der Waals surface area (Å²) < 4.78 is 17.1. The Bertz CT molecular complexity index is 1620. The van der Waals surface area contributed by atoms with E-state index in [4.69, 9.17) is 14.2 Å². The molecule has 9 heteroatoms. The molecular weight excluding hydrogens is 504 g/mol. The van der Waals surface area contributed by atoms with Crippen molar-refractivity contribution < 1.29 is 28.9 Å². The van der Waals surface area contributed by atoms with Gasteiger partial charge in [0, 0.05) is 5.56 Å². The molecule has 1 aromatic heterocycles. The number of rotatable bonds is 6. The number of ketones is 1. The average Bonchev–Trinajstić information content (AvgIpc) is 3.45. The van der Waals surface area contributed by atoms with Crippen molar-refractivity contribution in [1.29, 1.82) is 0 Å². The van der Waals surface area contributed by atoms with Crippen molar-refractivity contribution in [3.63, 3.8) is 0 Å². The normalized spacial score (nSPS) is 16.8. The maximum Gasteiger partial charge on any atom is 0.301 e. The third kappa shape index (κ3) is 4.14. The maximum absolute atomic E-state index is 13.5. The SMILES string of the molecule is COc1ccc(C(O)=C2C(=O)C(=O)N(c3nc4ccc(C)cc4s3)[C@@H]2c2ccc(OC)c(OC)c2)cc1C. The van der Waals surface area contributed by atoms with Crippen LogP contribution < -0.4 is 19.1 Å². The van der Waals surface area contributed by atoms with Crippen LogP contribution in [-0.4, -0.2) is 43.1 Å². The zero-order chi connectivity index (χ0) is 27.1. The van der Waals surface area contributed by atoms with Crippen LogP contribution in [0.25, 0.3) is 16.0 Å². The Morgan fingerprint density at radius 3 is 2.29 bits per heavy atom. The van der Waals surface area contributed by atoms with Gasteiger partial charge in [-0.2, -0.15) is 0 Å². The van der Waals surface area contributed by atoms with E-state index in [1.54, 1.807) is 43.5 Å². The van der Waals surface area contributed by atoms with Crippen LogP contribution in [0.4, 0.5) is 5.13 Å². The number of carbonyl (C=O) groups is 2. The Morgan fingerprint density at radius 1 is 0.895 bits per heavy atom. The summed E-state index contributed by atoms with van der Waals surface area (Å²) in [5.74, 6) is -0.291. The predicted molar refractivity (Wildman–Crippen MR) is 146 cm³/mol. The van der Waals surface area contributed by atoms with Gasteiger partial charge in [0.1, 0.15) is 11.5 Å². The molecule has 0 spiro atoms. The third-order valence-electron chi connectivity index (χ3n) is 6.57. The lowest BCUT2D eigenvalue weighted by Gasteiger charge is -2.23. The number of carbonyl (C=O) groups excluding carboxylic acids is 2. The van der Waals surface area contributed by atoms with Crippen LogP contribution in [0.3, 0.4) is 0 Å². The fraction of sp³-hybridized carbons (Fsp3) is 0.207. The molecule has 4 aromatic rings. The maximum atomic E-state index is 13.5. The van der Waals surface area contributed by atoms with Crippen molar-refractivity contribution >= 4 is 44.1 Å². The molecule has 0 unspecified atom stereocenters. The lowest BCUT2D eigenvalue weighted by Crippen LogP contribution is -2.29. The number of amides is 1. The highest BCUT2D eigenvalue weighted by molar-refractivity contribution is 7.22. The van der Waals surface area contributed by atoms with E-state index in [9.17, 15) is 14.7 Å². The number of anilines is 1. The van der Waals surface area contributed by atoms with Gasteiger partial charge in [0.25, 0.3) is 5.78 Å². The Labute approximate surface area is 223 Å². The van der Waals surface area contributed by atoms with E-state index in [-0.39, 0.29) is 11.3 Å². The minimum Gasteiger partial charge on any atom is -0.507 e. The molecule has 0 radical (unpaired) electrons. The fourth-order valence-corrected chi connectivity index (χ4v) is 5.76. The molecule has 38 heavy (non-hydrogen) atoms. The van der Waals surface area contributed by atoms with Gasteiger partial charge in [-0.3, -0.25) is 14.5 Å². The number of fused-ring (bicyclic) bond motifs is 1. The summed E-state index contributed by atoms with van der Waals surface area (Å²) >= 11 is 1.31. The molecule has 194 valence electrons. The van der Waals surface area contributed by atoms with Crippen LogP contribution in [0.2, 0.25) is 0 Å².